The van der Waals surface area contributed by atoms with Gasteiger partial charge in [0.2, 0.25) is 5.91 Å². The molecule has 1 N–H and O–H groups in total. The van der Waals surface area contributed by atoms with Crippen LogP contribution in [0.1, 0.15) is 24.4 Å². The van der Waals surface area contributed by atoms with Gasteiger partial charge in [-0.2, -0.15) is 5.10 Å². The molecular formula is C16H18N4O3. The van der Waals surface area contributed by atoms with Gasteiger partial charge in [0.1, 0.15) is 23.6 Å². The van der Waals surface area contributed by atoms with Crippen molar-refractivity contribution in [3.8, 4) is 0 Å². The smallest absolute Gasteiger partial charge is 0.291 e. The lowest BCUT2D eigenvalue weighted by Gasteiger charge is -2.08. The number of furan rings is 1. The van der Waals surface area contributed by atoms with Crippen molar-refractivity contribution in [3.05, 3.63) is 34.1 Å². The van der Waals surface area contributed by atoms with Crippen molar-refractivity contribution < 1.29 is 9.21 Å². The second-order valence-electron chi connectivity index (χ2n) is 6.23. The van der Waals surface area contributed by atoms with Crippen LogP contribution in [0, 0.1) is 19.8 Å². The van der Waals surface area contributed by atoms with E-state index >= 15 is 0 Å². The van der Waals surface area contributed by atoms with Crippen LogP contribution in [0.5, 0.6) is 0 Å². The Morgan fingerprint density at radius 2 is 2.13 bits per heavy atom. The monoisotopic (exact) mass is 314 g/mol. The lowest BCUT2D eigenvalue weighted by molar-refractivity contribution is -0.121. The second kappa shape index (κ2) is 4.97. The van der Waals surface area contributed by atoms with Crippen molar-refractivity contribution in [2.45, 2.75) is 33.2 Å². The molecule has 0 atom stereocenters. The van der Waals surface area contributed by atoms with Gasteiger partial charge >= 0.3 is 0 Å². The molecule has 3 aromatic heterocycles. The summed E-state index contributed by atoms with van der Waals surface area (Å²) < 4.78 is 8.57. The molecule has 1 aliphatic rings. The molecule has 0 radical (unpaired) electrons. The maximum absolute atomic E-state index is 12.6. The SMILES string of the molecule is Cc1cc2c(cc3c(=O)n(CC(=O)NCC4CC4)nc(C)n32)o1. The van der Waals surface area contributed by atoms with Gasteiger partial charge in [-0.05, 0) is 32.6 Å². The van der Waals surface area contributed by atoms with Crippen LogP contribution in [-0.4, -0.2) is 26.6 Å². The van der Waals surface area contributed by atoms with Gasteiger partial charge in [-0.1, -0.05) is 0 Å². The number of hydrogen-bond donors (Lipinski definition) is 1. The number of carbonyl (C=O) groups excluding carboxylic acids is 1. The molecule has 23 heavy (non-hydrogen) atoms. The summed E-state index contributed by atoms with van der Waals surface area (Å²) in [5, 5.41) is 7.13. The number of nitrogens with zero attached hydrogens (tertiary/aromatic N) is 3. The van der Waals surface area contributed by atoms with Gasteiger partial charge in [0.05, 0.1) is 5.52 Å². The molecule has 0 aromatic carbocycles. The van der Waals surface area contributed by atoms with Crippen LogP contribution in [-0.2, 0) is 11.3 Å². The number of nitrogens with one attached hydrogen (secondary N) is 1. The Bertz CT molecular complexity index is 975. The number of amides is 1. The maximum Gasteiger partial charge on any atom is 0.291 e. The largest absolute Gasteiger partial charge is 0.460 e. The first-order chi connectivity index (χ1) is 11.0. The minimum Gasteiger partial charge on any atom is -0.460 e. The first kappa shape index (κ1) is 14.0. The van der Waals surface area contributed by atoms with Crippen LogP contribution < -0.4 is 10.9 Å². The van der Waals surface area contributed by atoms with Crippen molar-refractivity contribution in [3.63, 3.8) is 0 Å². The van der Waals surface area contributed by atoms with Crippen molar-refractivity contribution in [2.24, 2.45) is 5.92 Å². The Balaban J connectivity index is 1.71. The van der Waals surface area contributed by atoms with E-state index in [9.17, 15) is 9.59 Å². The number of carbonyl (C=O) groups is 1. The van der Waals surface area contributed by atoms with Gasteiger partial charge in [-0.3, -0.25) is 14.0 Å². The van der Waals surface area contributed by atoms with Crippen LogP contribution in [0.2, 0.25) is 0 Å². The molecule has 0 bridgehead atoms. The fourth-order valence-corrected chi connectivity index (χ4v) is 2.90. The third-order valence-corrected chi connectivity index (χ3v) is 4.23. The summed E-state index contributed by atoms with van der Waals surface area (Å²) in [6.45, 7) is 4.30. The van der Waals surface area contributed by atoms with E-state index in [1.807, 2.05) is 19.9 Å². The molecule has 7 nitrogen and oxygen atoms in total. The van der Waals surface area contributed by atoms with E-state index in [2.05, 4.69) is 10.4 Å². The lowest BCUT2D eigenvalue weighted by Crippen LogP contribution is -2.35. The highest BCUT2D eigenvalue weighted by Crippen LogP contribution is 2.27. The molecule has 0 unspecified atom stereocenters. The van der Waals surface area contributed by atoms with Gasteiger partial charge in [-0.15, -0.1) is 0 Å². The highest BCUT2D eigenvalue weighted by molar-refractivity contribution is 5.83. The number of aryl methyl sites for hydroxylation is 2. The van der Waals surface area contributed by atoms with E-state index in [1.54, 1.807) is 10.5 Å². The predicted molar refractivity (Wildman–Crippen MR) is 84.4 cm³/mol. The minimum atomic E-state index is -0.291. The van der Waals surface area contributed by atoms with Gasteiger partial charge in [-0.25, -0.2) is 4.68 Å². The van der Waals surface area contributed by atoms with Crippen molar-refractivity contribution >= 4 is 22.5 Å². The van der Waals surface area contributed by atoms with Gasteiger partial charge < -0.3 is 9.73 Å². The molecule has 120 valence electrons. The van der Waals surface area contributed by atoms with Gasteiger partial charge in [0.15, 0.2) is 5.58 Å². The average molecular weight is 314 g/mol. The lowest BCUT2D eigenvalue weighted by atomic mass is 10.4. The van der Waals surface area contributed by atoms with Gasteiger partial charge in [0, 0.05) is 18.7 Å². The van der Waals surface area contributed by atoms with E-state index in [-0.39, 0.29) is 18.0 Å². The van der Waals surface area contributed by atoms with Crippen molar-refractivity contribution in [2.75, 3.05) is 6.54 Å². The van der Waals surface area contributed by atoms with Crippen LogP contribution in [0.4, 0.5) is 0 Å². The number of rotatable bonds is 4. The summed E-state index contributed by atoms with van der Waals surface area (Å²) in [5.74, 6) is 1.85. The first-order valence-electron chi connectivity index (χ1n) is 7.79. The standard InChI is InChI=1S/C16H18N4O3/c1-9-5-12-14(23-9)6-13-16(22)19(18-10(2)20(12)13)8-15(21)17-7-11-3-4-11/h5-6,11H,3-4,7-8H2,1-2H3,(H,17,21). The third-order valence-electron chi connectivity index (χ3n) is 4.23. The maximum atomic E-state index is 12.6. The van der Waals surface area contributed by atoms with E-state index in [1.165, 1.54) is 17.5 Å². The topological polar surface area (TPSA) is 81.5 Å². The number of aromatic nitrogens is 3. The molecule has 1 amide bonds. The molecule has 4 rings (SSSR count). The molecule has 0 saturated heterocycles. The van der Waals surface area contributed by atoms with Crippen LogP contribution in [0.25, 0.3) is 16.6 Å². The Hall–Kier alpha value is -2.57. The minimum absolute atomic E-state index is 0.0610. The zero-order valence-electron chi connectivity index (χ0n) is 13.1. The fourth-order valence-electron chi connectivity index (χ4n) is 2.90. The summed E-state index contributed by atoms with van der Waals surface area (Å²) >= 11 is 0. The van der Waals surface area contributed by atoms with E-state index in [0.717, 1.165) is 11.3 Å². The Labute approximate surface area is 131 Å². The zero-order chi connectivity index (χ0) is 16.1. The normalized spacial score (nSPS) is 14.7. The number of hydrogen-bond acceptors (Lipinski definition) is 4. The molecule has 1 aliphatic carbocycles. The fraction of sp³-hybridized carbons (Fsp3) is 0.438. The van der Waals surface area contributed by atoms with E-state index < -0.39 is 0 Å². The number of fused-ring (bicyclic) bond motifs is 3. The molecule has 0 spiro atoms. The summed E-state index contributed by atoms with van der Waals surface area (Å²) in [4.78, 5) is 24.6. The first-order valence-corrected chi connectivity index (χ1v) is 7.79. The molecule has 3 aromatic rings. The molecular weight excluding hydrogens is 296 g/mol. The Morgan fingerprint density at radius 3 is 2.87 bits per heavy atom. The van der Waals surface area contributed by atoms with E-state index in [4.69, 9.17) is 4.42 Å². The highest BCUT2D eigenvalue weighted by atomic mass is 16.3. The van der Waals surface area contributed by atoms with Crippen molar-refractivity contribution in [1.82, 2.24) is 19.5 Å². The molecule has 1 fully saturated rings. The third kappa shape index (κ3) is 2.42. The molecule has 7 heteroatoms. The quantitative estimate of drug-likeness (QED) is 0.789. The highest BCUT2D eigenvalue weighted by Gasteiger charge is 2.22. The van der Waals surface area contributed by atoms with E-state index in [0.29, 0.717) is 29.4 Å². The Kier molecular flexibility index (Phi) is 3.04. The summed E-state index contributed by atoms with van der Waals surface area (Å²) in [5.41, 5.74) is 1.66. The summed E-state index contributed by atoms with van der Waals surface area (Å²) in [7, 11) is 0. The predicted octanol–water partition coefficient (Wildman–Crippen LogP) is 1.39. The molecule has 0 aliphatic heterocycles. The van der Waals surface area contributed by atoms with Crippen molar-refractivity contribution in [1.29, 1.82) is 0 Å². The second-order valence-corrected chi connectivity index (χ2v) is 6.23. The summed E-state index contributed by atoms with van der Waals surface area (Å²) in [6.07, 6.45) is 2.35. The van der Waals surface area contributed by atoms with Crippen LogP contribution in [0.3, 0.4) is 0 Å². The van der Waals surface area contributed by atoms with Crippen LogP contribution in [0.15, 0.2) is 21.3 Å². The van der Waals surface area contributed by atoms with Gasteiger partial charge in [0.25, 0.3) is 5.56 Å². The molecule has 1 saturated carbocycles. The van der Waals surface area contributed by atoms with Crippen LogP contribution >= 0.6 is 0 Å². The molecule has 3 heterocycles. The average Bonchev–Trinajstić information content (AvgIpc) is 3.16. The summed E-state index contributed by atoms with van der Waals surface area (Å²) in [6, 6.07) is 3.58. The Morgan fingerprint density at radius 1 is 1.35 bits per heavy atom. The zero-order valence-corrected chi connectivity index (χ0v) is 13.1.